The summed E-state index contributed by atoms with van der Waals surface area (Å²) >= 11 is 2.09. The minimum absolute atomic E-state index is 0.000615. The second-order valence-electron chi connectivity index (χ2n) is 3.06. The predicted molar refractivity (Wildman–Crippen MR) is 66.8 cm³/mol. The van der Waals surface area contributed by atoms with Gasteiger partial charge in [0.1, 0.15) is 5.75 Å². The van der Waals surface area contributed by atoms with Gasteiger partial charge >= 0.3 is 0 Å². The molecule has 0 aliphatic rings. The molecular formula is C10H13IN2O2. The summed E-state index contributed by atoms with van der Waals surface area (Å²) in [4.78, 5) is 11.6. The minimum Gasteiger partial charge on any atom is -0.507 e. The molecule has 4 nitrogen and oxygen atoms in total. The van der Waals surface area contributed by atoms with Gasteiger partial charge in [-0.05, 0) is 53.8 Å². The van der Waals surface area contributed by atoms with Crippen LogP contribution in [0.2, 0.25) is 0 Å². The van der Waals surface area contributed by atoms with Gasteiger partial charge in [0, 0.05) is 10.1 Å². The first-order chi connectivity index (χ1) is 7.15. The molecule has 0 aliphatic carbocycles. The molecule has 1 aromatic carbocycles. The van der Waals surface area contributed by atoms with Crippen molar-refractivity contribution in [3.63, 3.8) is 0 Å². The van der Waals surface area contributed by atoms with Crippen molar-refractivity contribution in [1.82, 2.24) is 5.32 Å². The third-order valence-corrected chi connectivity index (χ3v) is 2.54. The molecule has 0 spiro atoms. The number of benzene rings is 1. The lowest BCUT2D eigenvalue weighted by molar-refractivity contribution is 0.0951. The van der Waals surface area contributed by atoms with Gasteiger partial charge in [0.25, 0.3) is 5.91 Å². The monoisotopic (exact) mass is 320 g/mol. The Balaban J connectivity index is 2.68. The normalized spacial score (nSPS) is 10.0. The SMILES string of the molecule is NCCCNC(=O)c1cc(I)ccc1O. The van der Waals surface area contributed by atoms with Gasteiger partial charge in [0.05, 0.1) is 5.56 Å². The van der Waals surface area contributed by atoms with E-state index in [0.29, 0.717) is 18.7 Å². The third-order valence-electron chi connectivity index (χ3n) is 1.87. The van der Waals surface area contributed by atoms with Gasteiger partial charge in [-0.3, -0.25) is 4.79 Å². The average molecular weight is 320 g/mol. The molecule has 0 aromatic heterocycles. The topological polar surface area (TPSA) is 75.3 Å². The molecule has 0 bridgehead atoms. The van der Waals surface area contributed by atoms with E-state index >= 15 is 0 Å². The molecule has 4 N–H and O–H groups in total. The molecule has 5 heteroatoms. The van der Waals surface area contributed by atoms with Crippen molar-refractivity contribution >= 4 is 28.5 Å². The summed E-state index contributed by atoms with van der Waals surface area (Å²) < 4.78 is 0.911. The number of phenolic OH excluding ortho intramolecular Hbond substituents is 1. The first kappa shape index (κ1) is 12.3. The van der Waals surface area contributed by atoms with E-state index < -0.39 is 0 Å². The van der Waals surface area contributed by atoms with E-state index in [1.807, 2.05) is 0 Å². The Labute approximate surface area is 102 Å². The highest BCUT2D eigenvalue weighted by Gasteiger charge is 2.10. The molecule has 0 saturated carbocycles. The van der Waals surface area contributed by atoms with Gasteiger partial charge in [0.15, 0.2) is 0 Å². The molecule has 0 unspecified atom stereocenters. The van der Waals surface area contributed by atoms with Crippen molar-refractivity contribution in [3.8, 4) is 5.75 Å². The van der Waals surface area contributed by atoms with Crippen LogP contribution in [0.1, 0.15) is 16.8 Å². The Hall–Kier alpha value is -0.820. The molecule has 1 rings (SSSR count). The standard InChI is InChI=1S/C10H13IN2O2/c11-7-2-3-9(14)8(6-7)10(15)13-5-1-4-12/h2-3,6,14H,1,4-5,12H2,(H,13,15). The maximum atomic E-state index is 11.6. The quantitative estimate of drug-likeness (QED) is 0.574. The maximum Gasteiger partial charge on any atom is 0.255 e. The molecule has 0 radical (unpaired) electrons. The maximum absolute atomic E-state index is 11.6. The molecule has 82 valence electrons. The Kier molecular flexibility index (Phi) is 4.83. The summed E-state index contributed by atoms with van der Waals surface area (Å²) in [7, 11) is 0. The lowest BCUT2D eigenvalue weighted by Crippen LogP contribution is -2.26. The van der Waals surface area contributed by atoms with Gasteiger partial charge in [-0.15, -0.1) is 0 Å². The summed E-state index contributed by atoms with van der Waals surface area (Å²) in [5.41, 5.74) is 5.61. The number of carbonyl (C=O) groups excluding carboxylic acids is 1. The number of amides is 1. The van der Waals surface area contributed by atoms with Crippen LogP contribution in [-0.4, -0.2) is 24.1 Å². The zero-order valence-electron chi connectivity index (χ0n) is 8.16. The van der Waals surface area contributed by atoms with Gasteiger partial charge in [-0.25, -0.2) is 0 Å². The van der Waals surface area contributed by atoms with Crippen LogP contribution in [0.25, 0.3) is 0 Å². The van der Waals surface area contributed by atoms with E-state index in [2.05, 4.69) is 27.9 Å². The summed E-state index contributed by atoms with van der Waals surface area (Å²) in [6, 6.07) is 4.90. The van der Waals surface area contributed by atoms with E-state index in [9.17, 15) is 9.90 Å². The summed E-state index contributed by atoms with van der Waals surface area (Å²) in [6.45, 7) is 1.07. The molecule has 15 heavy (non-hydrogen) atoms. The van der Waals surface area contributed by atoms with Crippen molar-refractivity contribution < 1.29 is 9.90 Å². The van der Waals surface area contributed by atoms with E-state index in [0.717, 1.165) is 9.99 Å². The fourth-order valence-corrected chi connectivity index (χ4v) is 1.58. The smallest absolute Gasteiger partial charge is 0.255 e. The highest BCUT2D eigenvalue weighted by Crippen LogP contribution is 2.19. The zero-order valence-corrected chi connectivity index (χ0v) is 10.3. The highest BCUT2D eigenvalue weighted by molar-refractivity contribution is 14.1. The number of carbonyl (C=O) groups is 1. The van der Waals surface area contributed by atoms with Crippen LogP contribution < -0.4 is 11.1 Å². The van der Waals surface area contributed by atoms with E-state index in [1.165, 1.54) is 6.07 Å². The number of halogens is 1. The number of phenols is 1. The van der Waals surface area contributed by atoms with Crippen LogP contribution in [0.4, 0.5) is 0 Å². The molecular weight excluding hydrogens is 307 g/mol. The van der Waals surface area contributed by atoms with Crippen LogP contribution in [0.3, 0.4) is 0 Å². The van der Waals surface area contributed by atoms with Gasteiger partial charge in [-0.1, -0.05) is 0 Å². The molecule has 0 aliphatic heterocycles. The second-order valence-corrected chi connectivity index (χ2v) is 4.31. The largest absolute Gasteiger partial charge is 0.507 e. The minimum atomic E-state index is -0.264. The van der Waals surface area contributed by atoms with Crippen LogP contribution in [0.15, 0.2) is 18.2 Å². The van der Waals surface area contributed by atoms with Crippen molar-refractivity contribution in [2.75, 3.05) is 13.1 Å². The van der Waals surface area contributed by atoms with Crippen molar-refractivity contribution in [1.29, 1.82) is 0 Å². The summed E-state index contributed by atoms with van der Waals surface area (Å²) in [5.74, 6) is -0.264. The number of hydrogen-bond acceptors (Lipinski definition) is 3. The lowest BCUT2D eigenvalue weighted by Gasteiger charge is -2.06. The molecule has 1 amide bonds. The van der Waals surface area contributed by atoms with Crippen LogP contribution in [0, 0.1) is 3.57 Å². The molecule has 0 fully saturated rings. The van der Waals surface area contributed by atoms with Crippen LogP contribution >= 0.6 is 22.6 Å². The highest BCUT2D eigenvalue weighted by atomic mass is 127. The number of nitrogens with two attached hydrogens (primary N) is 1. The third kappa shape index (κ3) is 3.67. The number of aromatic hydroxyl groups is 1. The van der Waals surface area contributed by atoms with Crippen LogP contribution in [0.5, 0.6) is 5.75 Å². The van der Waals surface area contributed by atoms with Gasteiger partial charge in [-0.2, -0.15) is 0 Å². The fraction of sp³-hybridized carbons (Fsp3) is 0.300. The fourth-order valence-electron chi connectivity index (χ4n) is 1.09. The zero-order chi connectivity index (χ0) is 11.3. The van der Waals surface area contributed by atoms with E-state index in [4.69, 9.17) is 5.73 Å². The summed E-state index contributed by atoms with van der Waals surface area (Å²) in [5, 5.41) is 12.2. The van der Waals surface area contributed by atoms with Crippen molar-refractivity contribution in [2.24, 2.45) is 5.73 Å². The Morgan fingerprint density at radius 1 is 1.53 bits per heavy atom. The number of hydrogen-bond donors (Lipinski definition) is 3. The first-order valence-electron chi connectivity index (χ1n) is 4.62. The van der Waals surface area contributed by atoms with Crippen molar-refractivity contribution in [2.45, 2.75) is 6.42 Å². The first-order valence-corrected chi connectivity index (χ1v) is 5.70. The second kappa shape index (κ2) is 5.92. The molecule has 0 heterocycles. The van der Waals surface area contributed by atoms with Crippen LogP contribution in [-0.2, 0) is 0 Å². The van der Waals surface area contributed by atoms with Gasteiger partial charge < -0.3 is 16.2 Å². The Morgan fingerprint density at radius 3 is 2.93 bits per heavy atom. The number of nitrogens with one attached hydrogen (secondary N) is 1. The van der Waals surface area contributed by atoms with Crippen molar-refractivity contribution in [3.05, 3.63) is 27.3 Å². The Morgan fingerprint density at radius 2 is 2.27 bits per heavy atom. The molecule has 1 aromatic rings. The predicted octanol–water partition coefficient (Wildman–Crippen LogP) is 1.08. The number of rotatable bonds is 4. The van der Waals surface area contributed by atoms with Gasteiger partial charge in [0.2, 0.25) is 0 Å². The van der Waals surface area contributed by atoms with E-state index in [-0.39, 0.29) is 11.7 Å². The Bertz CT molecular complexity index is 355. The van der Waals surface area contributed by atoms with E-state index in [1.54, 1.807) is 12.1 Å². The lowest BCUT2D eigenvalue weighted by atomic mass is 10.2. The molecule has 0 saturated heterocycles. The summed E-state index contributed by atoms with van der Waals surface area (Å²) in [6.07, 6.45) is 0.733. The average Bonchev–Trinajstić information content (AvgIpc) is 2.22. The molecule has 0 atom stereocenters.